The minimum atomic E-state index is -4.19. The molecule has 40 heavy (non-hydrogen) atoms. The van der Waals surface area contributed by atoms with E-state index in [1.807, 2.05) is 58.9 Å². The number of nitrogens with one attached hydrogen (secondary N) is 1. The van der Waals surface area contributed by atoms with Crippen LogP contribution in [0, 0.1) is 6.92 Å². The van der Waals surface area contributed by atoms with E-state index >= 15 is 0 Å². The van der Waals surface area contributed by atoms with Crippen molar-refractivity contribution < 1.29 is 18.0 Å². The average molecular weight is 605 g/mol. The van der Waals surface area contributed by atoms with E-state index in [0.29, 0.717) is 6.42 Å². The largest absolute Gasteiger partial charge is 0.350 e. The molecule has 0 saturated heterocycles. The number of halogens is 2. The lowest BCUT2D eigenvalue weighted by atomic mass is 10.0. The van der Waals surface area contributed by atoms with Gasteiger partial charge in [0, 0.05) is 12.1 Å². The Bertz CT molecular complexity index is 1460. The summed E-state index contributed by atoms with van der Waals surface area (Å²) in [6.45, 7) is 8.91. The van der Waals surface area contributed by atoms with Gasteiger partial charge >= 0.3 is 0 Å². The van der Waals surface area contributed by atoms with Gasteiger partial charge in [0.2, 0.25) is 11.8 Å². The minimum absolute atomic E-state index is 0.0110. The Morgan fingerprint density at radius 2 is 1.55 bits per heavy atom. The van der Waals surface area contributed by atoms with Gasteiger partial charge in [0.15, 0.2) is 0 Å². The number of carbonyl (C=O) groups excluding carboxylic acids is 2. The van der Waals surface area contributed by atoms with Gasteiger partial charge < -0.3 is 10.2 Å². The second kappa shape index (κ2) is 13.1. The highest BCUT2D eigenvalue weighted by atomic mass is 35.5. The summed E-state index contributed by atoms with van der Waals surface area (Å²) < 4.78 is 28.7. The van der Waals surface area contributed by atoms with Crippen LogP contribution in [0.5, 0.6) is 0 Å². The molecule has 0 aliphatic carbocycles. The summed E-state index contributed by atoms with van der Waals surface area (Å²) in [5.74, 6) is -0.853. The van der Waals surface area contributed by atoms with Crippen LogP contribution in [-0.4, -0.2) is 43.3 Å². The van der Waals surface area contributed by atoms with Crippen LogP contribution < -0.4 is 9.62 Å². The first kappa shape index (κ1) is 31.5. The third kappa shape index (κ3) is 7.77. The standard InChI is InChI=1S/C30H35Cl2N3O4S/c1-6-27(29(37)33-30(3,4)5)34(19-22-13-11-10-12-21(22)2)28(36)20-35(23-16-17-25(31)26(32)18-23)40(38,39)24-14-8-7-9-15-24/h7-18,27H,6,19-20H2,1-5H3,(H,33,37). The topological polar surface area (TPSA) is 86.8 Å². The number of amides is 2. The summed E-state index contributed by atoms with van der Waals surface area (Å²) in [7, 11) is -4.19. The van der Waals surface area contributed by atoms with Crippen molar-refractivity contribution in [3.63, 3.8) is 0 Å². The van der Waals surface area contributed by atoms with Crippen LogP contribution in [0.3, 0.4) is 0 Å². The van der Waals surface area contributed by atoms with Crippen LogP contribution in [0.4, 0.5) is 5.69 Å². The van der Waals surface area contributed by atoms with E-state index in [-0.39, 0.29) is 33.1 Å². The molecule has 0 saturated carbocycles. The van der Waals surface area contributed by atoms with E-state index in [9.17, 15) is 18.0 Å². The van der Waals surface area contributed by atoms with Gasteiger partial charge in [-0.15, -0.1) is 0 Å². The quantitative estimate of drug-likeness (QED) is 0.298. The van der Waals surface area contributed by atoms with Crippen molar-refractivity contribution in [1.82, 2.24) is 10.2 Å². The summed E-state index contributed by atoms with van der Waals surface area (Å²) in [6.07, 6.45) is 0.331. The fourth-order valence-electron chi connectivity index (χ4n) is 4.23. The Morgan fingerprint density at radius 1 is 0.925 bits per heavy atom. The third-order valence-corrected chi connectivity index (χ3v) is 8.81. The summed E-state index contributed by atoms with van der Waals surface area (Å²) in [4.78, 5) is 29.0. The van der Waals surface area contributed by atoms with Gasteiger partial charge in [-0.1, -0.05) is 72.6 Å². The summed E-state index contributed by atoms with van der Waals surface area (Å²) in [5, 5.41) is 3.36. The summed E-state index contributed by atoms with van der Waals surface area (Å²) in [5.41, 5.74) is 1.45. The zero-order chi connectivity index (χ0) is 29.7. The van der Waals surface area contributed by atoms with Crippen LogP contribution in [0.2, 0.25) is 10.0 Å². The molecular formula is C30H35Cl2N3O4S. The molecule has 7 nitrogen and oxygen atoms in total. The van der Waals surface area contributed by atoms with Gasteiger partial charge in [0.25, 0.3) is 10.0 Å². The Balaban J connectivity index is 2.10. The Hall–Kier alpha value is -3.07. The van der Waals surface area contributed by atoms with Crippen molar-refractivity contribution in [2.24, 2.45) is 0 Å². The molecule has 1 unspecified atom stereocenters. The SMILES string of the molecule is CCC(C(=O)NC(C)(C)C)N(Cc1ccccc1C)C(=O)CN(c1ccc(Cl)c(Cl)c1)S(=O)(=O)c1ccccc1. The maximum absolute atomic E-state index is 14.1. The maximum atomic E-state index is 14.1. The van der Waals surface area contributed by atoms with E-state index < -0.39 is 34.1 Å². The van der Waals surface area contributed by atoms with Crippen molar-refractivity contribution in [3.05, 3.63) is 94.0 Å². The predicted octanol–water partition coefficient (Wildman–Crippen LogP) is 6.22. The van der Waals surface area contributed by atoms with Crippen LogP contribution >= 0.6 is 23.2 Å². The van der Waals surface area contributed by atoms with Crippen molar-refractivity contribution in [2.75, 3.05) is 10.8 Å². The molecule has 0 aliphatic heterocycles. The molecule has 0 aliphatic rings. The fourth-order valence-corrected chi connectivity index (χ4v) is 5.95. The Labute approximate surface area is 247 Å². The molecule has 2 amide bonds. The lowest BCUT2D eigenvalue weighted by Crippen LogP contribution is -2.55. The van der Waals surface area contributed by atoms with Crippen molar-refractivity contribution in [1.29, 1.82) is 0 Å². The Morgan fingerprint density at radius 3 is 2.12 bits per heavy atom. The highest BCUT2D eigenvalue weighted by Crippen LogP contribution is 2.31. The first-order chi connectivity index (χ1) is 18.7. The van der Waals surface area contributed by atoms with Gasteiger partial charge in [0.05, 0.1) is 20.6 Å². The zero-order valence-corrected chi connectivity index (χ0v) is 25.6. The van der Waals surface area contributed by atoms with Gasteiger partial charge in [0.1, 0.15) is 12.6 Å². The summed E-state index contributed by atoms with van der Waals surface area (Å²) >= 11 is 12.4. The van der Waals surface area contributed by atoms with Gasteiger partial charge in [-0.3, -0.25) is 13.9 Å². The van der Waals surface area contributed by atoms with Crippen molar-refractivity contribution in [3.8, 4) is 0 Å². The lowest BCUT2D eigenvalue weighted by Gasteiger charge is -2.35. The molecule has 3 aromatic rings. The lowest BCUT2D eigenvalue weighted by molar-refractivity contribution is -0.141. The molecule has 0 fully saturated rings. The van der Waals surface area contributed by atoms with Crippen LogP contribution in [0.1, 0.15) is 45.2 Å². The zero-order valence-electron chi connectivity index (χ0n) is 23.3. The molecule has 10 heteroatoms. The smallest absolute Gasteiger partial charge is 0.264 e. The normalized spacial score (nSPS) is 12.5. The van der Waals surface area contributed by atoms with E-state index in [1.54, 1.807) is 18.2 Å². The molecule has 3 rings (SSSR count). The van der Waals surface area contributed by atoms with Crippen LogP contribution in [0.25, 0.3) is 0 Å². The highest BCUT2D eigenvalue weighted by Gasteiger charge is 2.34. The third-order valence-electron chi connectivity index (χ3n) is 6.29. The Kier molecular flexibility index (Phi) is 10.3. The highest BCUT2D eigenvalue weighted by molar-refractivity contribution is 7.92. The first-order valence-electron chi connectivity index (χ1n) is 12.9. The number of nitrogens with zero attached hydrogens (tertiary/aromatic N) is 2. The summed E-state index contributed by atoms with van der Waals surface area (Å²) in [6, 6.07) is 19.0. The van der Waals surface area contributed by atoms with Gasteiger partial charge in [-0.05, 0) is 75.6 Å². The molecule has 0 radical (unpaired) electrons. The molecule has 0 bridgehead atoms. The van der Waals surface area contributed by atoms with E-state index in [2.05, 4.69) is 5.32 Å². The van der Waals surface area contributed by atoms with Gasteiger partial charge in [-0.2, -0.15) is 0 Å². The maximum Gasteiger partial charge on any atom is 0.264 e. The molecule has 1 atom stereocenters. The van der Waals surface area contributed by atoms with E-state index in [1.165, 1.54) is 35.2 Å². The number of anilines is 1. The first-order valence-corrected chi connectivity index (χ1v) is 15.1. The van der Waals surface area contributed by atoms with E-state index in [0.717, 1.165) is 15.4 Å². The van der Waals surface area contributed by atoms with Gasteiger partial charge in [-0.25, -0.2) is 8.42 Å². The second-order valence-corrected chi connectivity index (χ2v) is 13.2. The molecule has 0 aromatic heterocycles. The molecule has 3 aromatic carbocycles. The number of sulfonamides is 1. The molecular weight excluding hydrogens is 569 g/mol. The fraction of sp³-hybridized carbons (Fsp3) is 0.333. The average Bonchev–Trinajstić information content (AvgIpc) is 2.89. The number of carbonyl (C=O) groups is 2. The van der Waals surface area contributed by atoms with Crippen LogP contribution in [0.15, 0.2) is 77.7 Å². The second-order valence-electron chi connectivity index (χ2n) is 10.5. The van der Waals surface area contributed by atoms with E-state index in [4.69, 9.17) is 23.2 Å². The number of hydrogen-bond donors (Lipinski definition) is 1. The molecule has 0 heterocycles. The van der Waals surface area contributed by atoms with Crippen molar-refractivity contribution >= 4 is 50.7 Å². The van der Waals surface area contributed by atoms with Crippen LogP contribution in [-0.2, 0) is 26.2 Å². The number of aryl methyl sites for hydroxylation is 1. The molecule has 0 spiro atoms. The molecule has 214 valence electrons. The number of hydrogen-bond acceptors (Lipinski definition) is 4. The predicted molar refractivity (Wildman–Crippen MR) is 161 cm³/mol. The monoisotopic (exact) mass is 603 g/mol. The number of rotatable bonds is 10. The molecule has 1 N–H and O–H groups in total. The minimum Gasteiger partial charge on any atom is -0.350 e. The number of benzene rings is 3. The van der Waals surface area contributed by atoms with Crippen molar-refractivity contribution in [2.45, 2.75) is 64.1 Å².